The van der Waals surface area contributed by atoms with Crippen LogP contribution in [-0.2, 0) is 4.74 Å². The van der Waals surface area contributed by atoms with Crippen molar-refractivity contribution in [2.24, 2.45) is 0 Å². The van der Waals surface area contributed by atoms with Crippen molar-refractivity contribution in [3.05, 3.63) is 35.9 Å². The van der Waals surface area contributed by atoms with E-state index in [1.54, 1.807) is 0 Å². The number of nitrogens with one attached hydrogen (secondary N) is 2. The van der Waals surface area contributed by atoms with Gasteiger partial charge >= 0.3 is 6.09 Å². The van der Waals surface area contributed by atoms with Crippen LogP contribution in [0.15, 0.2) is 30.3 Å². The van der Waals surface area contributed by atoms with Crippen LogP contribution < -0.4 is 10.6 Å². The number of rotatable bonds is 5. The number of carbonyl (C=O) groups excluding carboxylic acids is 1. The average Bonchev–Trinajstić information content (AvgIpc) is 2.77. The number of ether oxygens (including phenoxy) is 1. The van der Waals surface area contributed by atoms with Crippen LogP contribution in [0.4, 0.5) is 4.79 Å². The van der Waals surface area contributed by atoms with E-state index in [2.05, 4.69) is 47.9 Å². The Hall–Kier alpha value is -1.55. The predicted molar refractivity (Wildman–Crippen MR) is 103 cm³/mol. The Labute approximate surface area is 152 Å². The number of carbonyl (C=O) groups is 1. The number of alkyl carbamates (subject to hydrolysis) is 1. The van der Waals surface area contributed by atoms with Crippen LogP contribution >= 0.6 is 0 Å². The third kappa shape index (κ3) is 6.69. The standard InChI is InChI=1S/C21H34N2O2/c1-5-17(16-12-8-6-9-13-16)22-18-14-10-7-11-15-19(18)23-20(24)25-21(2,3)4/h6,8-9,12-13,17-19,22H,5,7,10-11,14-15H2,1-4H3,(H,23,24). The van der Waals surface area contributed by atoms with Gasteiger partial charge in [-0.1, -0.05) is 56.5 Å². The highest BCUT2D eigenvalue weighted by atomic mass is 16.6. The van der Waals surface area contributed by atoms with Crippen molar-refractivity contribution in [3.8, 4) is 0 Å². The van der Waals surface area contributed by atoms with Crippen molar-refractivity contribution in [2.45, 2.75) is 89.9 Å². The molecule has 0 radical (unpaired) electrons. The first-order valence-corrected chi connectivity index (χ1v) is 9.69. The summed E-state index contributed by atoms with van der Waals surface area (Å²) < 4.78 is 5.47. The van der Waals surface area contributed by atoms with E-state index in [-0.39, 0.29) is 18.2 Å². The summed E-state index contributed by atoms with van der Waals surface area (Å²) in [6.45, 7) is 7.91. The Morgan fingerprint density at radius 2 is 1.76 bits per heavy atom. The molecule has 0 heterocycles. The van der Waals surface area contributed by atoms with Gasteiger partial charge in [-0.05, 0) is 45.6 Å². The topological polar surface area (TPSA) is 50.4 Å². The van der Waals surface area contributed by atoms with Crippen LogP contribution in [0.1, 0.15) is 77.8 Å². The predicted octanol–water partition coefficient (Wildman–Crippen LogP) is 4.95. The van der Waals surface area contributed by atoms with Gasteiger partial charge in [-0.2, -0.15) is 0 Å². The second kappa shape index (κ2) is 9.23. The van der Waals surface area contributed by atoms with E-state index in [9.17, 15) is 4.79 Å². The lowest BCUT2D eigenvalue weighted by molar-refractivity contribution is 0.0488. The molecule has 0 aromatic heterocycles. The summed E-state index contributed by atoms with van der Waals surface area (Å²) in [7, 11) is 0. The minimum Gasteiger partial charge on any atom is -0.444 e. The monoisotopic (exact) mass is 346 g/mol. The molecule has 1 aromatic carbocycles. The van der Waals surface area contributed by atoms with Crippen molar-refractivity contribution < 1.29 is 9.53 Å². The van der Waals surface area contributed by atoms with Gasteiger partial charge in [0.15, 0.2) is 0 Å². The molecule has 2 N–H and O–H groups in total. The van der Waals surface area contributed by atoms with Gasteiger partial charge in [-0.25, -0.2) is 4.79 Å². The SMILES string of the molecule is CCC(NC1CCCCCC1NC(=O)OC(C)(C)C)c1ccccc1. The molecule has 3 unspecified atom stereocenters. The minimum atomic E-state index is -0.465. The fourth-order valence-corrected chi connectivity index (χ4v) is 3.53. The summed E-state index contributed by atoms with van der Waals surface area (Å²) in [5, 5.41) is 6.93. The Kier molecular flexibility index (Phi) is 7.30. The maximum Gasteiger partial charge on any atom is 0.407 e. The highest BCUT2D eigenvalue weighted by Crippen LogP contribution is 2.24. The van der Waals surface area contributed by atoms with Gasteiger partial charge < -0.3 is 15.4 Å². The molecule has 2 rings (SSSR count). The molecule has 140 valence electrons. The van der Waals surface area contributed by atoms with Gasteiger partial charge in [0.2, 0.25) is 0 Å². The third-order valence-corrected chi connectivity index (χ3v) is 4.74. The molecule has 1 aliphatic rings. The molecule has 25 heavy (non-hydrogen) atoms. The summed E-state index contributed by atoms with van der Waals surface area (Å²) >= 11 is 0. The number of benzene rings is 1. The normalized spacial score (nSPS) is 22.7. The first-order valence-electron chi connectivity index (χ1n) is 9.69. The van der Waals surface area contributed by atoms with E-state index >= 15 is 0 Å². The molecular formula is C21H34N2O2. The fourth-order valence-electron chi connectivity index (χ4n) is 3.53. The lowest BCUT2D eigenvalue weighted by Gasteiger charge is -2.32. The van der Waals surface area contributed by atoms with Gasteiger partial charge in [0.1, 0.15) is 5.60 Å². The molecule has 3 atom stereocenters. The first kappa shape index (κ1) is 19.8. The van der Waals surface area contributed by atoms with Crippen LogP contribution in [0.25, 0.3) is 0 Å². The summed E-state index contributed by atoms with van der Waals surface area (Å²) in [6, 6.07) is 11.3. The van der Waals surface area contributed by atoms with Gasteiger partial charge in [0.05, 0.1) is 0 Å². The molecule has 1 fully saturated rings. The van der Waals surface area contributed by atoms with Crippen molar-refractivity contribution in [2.75, 3.05) is 0 Å². The summed E-state index contributed by atoms with van der Waals surface area (Å²) in [5.74, 6) is 0. The fraction of sp³-hybridized carbons (Fsp3) is 0.667. The second-order valence-electron chi connectivity index (χ2n) is 8.04. The van der Waals surface area contributed by atoms with E-state index < -0.39 is 5.60 Å². The summed E-state index contributed by atoms with van der Waals surface area (Å²) in [5.41, 5.74) is 0.846. The smallest absolute Gasteiger partial charge is 0.407 e. The number of amides is 1. The molecule has 4 heteroatoms. The van der Waals surface area contributed by atoms with Gasteiger partial charge in [-0.15, -0.1) is 0 Å². The van der Waals surface area contributed by atoms with E-state index in [0.29, 0.717) is 6.04 Å². The zero-order chi connectivity index (χ0) is 18.3. The van der Waals surface area contributed by atoms with Crippen LogP contribution in [0, 0.1) is 0 Å². The molecule has 1 aliphatic carbocycles. The number of hydrogen-bond acceptors (Lipinski definition) is 3. The highest BCUT2D eigenvalue weighted by molar-refractivity contribution is 5.68. The van der Waals surface area contributed by atoms with Gasteiger partial charge in [-0.3, -0.25) is 0 Å². The van der Waals surface area contributed by atoms with E-state index in [1.807, 2.05) is 20.8 Å². The Balaban J connectivity index is 2.04. The van der Waals surface area contributed by atoms with Crippen molar-refractivity contribution >= 4 is 6.09 Å². The second-order valence-corrected chi connectivity index (χ2v) is 8.04. The molecule has 0 saturated heterocycles. The average molecular weight is 347 g/mol. The van der Waals surface area contributed by atoms with E-state index in [4.69, 9.17) is 4.74 Å². The zero-order valence-corrected chi connectivity index (χ0v) is 16.2. The molecule has 0 aliphatic heterocycles. The van der Waals surface area contributed by atoms with Crippen LogP contribution in [0.5, 0.6) is 0 Å². The van der Waals surface area contributed by atoms with Crippen molar-refractivity contribution in [1.29, 1.82) is 0 Å². The molecule has 1 saturated carbocycles. The minimum absolute atomic E-state index is 0.120. The lowest BCUT2D eigenvalue weighted by Crippen LogP contribution is -2.51. The van der Waals surface area contributed by atoms with Gasteiger partial charge in [0, 0.05) is 18.1 Å². The molecule has 0 spiro atoms. The molecule has 1 aromatic rings. The van der Waals surface area contributed by atoms with Crippen molar-refractivity contribution in [1.82, 2.24) is 10.6 Å². The molecular weight excluding hydrogens is 312 g/mol. The molecule has 0 bridgehead atoms. The molecule has 4 nitrogen and oxygen atoms in total. The first-order chi connectivity index (χ1) is 11.9. The Morgan fingerprint density at radius 1 is 1.12 bits per heavy atom. The maximum absolute atomic E-state index is 12.2. The summed E-state index contributed by atoms with van der Waals surface area (Å²) in [6.07, 6.45) is 6.40. The van der Waals surface area contributed by atoms with E-state index in [1.165, 1.54) is 18.4 Å². The van der Waals surface area contributed by atoms with Crippen LogP contribution in [0.2, 0.25) is 0 Å². The van der Waals surface area contributed by atoms with E-state index in [0.717, 1.165) is 25.7 Å². The highest BCUT2D eigenvalue weighted by Gasteiger charge is 2.28. The number of hydrogen-bond donors (Lipinski definition) is 2. The van der Waals surface area contributed by atoms with Crippen LogP contribution in [-0.4, -0.2) is 23.8 Å². The Bertz CT molecular complexity index is 524. The van der Waals surface area contributed by atoms with Crippen molar-refractivity contribution in [3.63, 3.8) is 0 Å². The maximum atomic E-state index is 12.2. The van der Waals surface area contributed by atoms with Gasteiger partial charge in [0.25, 0.3) is 0 Å². The van der Waals surface area contributed by atoms with Crippen LogP contribution in [0.3, 0.4) is 0 Å². The largest absolute Gasteiger partial charge is 0.444 e. The lowest BCUT2D eigenvalue weighted by atomic mass is 9.98. The zero-order valence-electron chi connectivity index (χ0n) is 16.2. The summed E-state index contributed by atoms with van der Waals surface area (Å²) in [4.78, 5) is 12.2. The Morgan fingerprint density at radius 3 is 2.36 bits per heavy atom. The third-order valence-electron chi connectivity index (χ3n) is 4.74. The molecule has 1 amide bonds. The quantitative estimate of drug-likeness (QED) is 0.741.